The van der Waals surface area contributed by atoms with Gasteiger partial charge in [0.15, 0.2) is 0 Å². The van der Waals surface area contributed by atoms with Gasteiger partial charge in [-0.25, -0.2) is 0 Å². The zero-order valence-electron chi connectivity index (χ0n) is 8.33. The first-order valence-corrected chi connectivity index (χ1v) is 5.01. The Hall–Kier alpha value is -1.09. The zero-order valence-corrected chi connectivity index (χ0v) is 9.15. The van der Waals surface area contributed by atoms with Gasteiger partial charge in [-0.15, -0.1) is 0 Å². The first kappa shape index (κ1) is 9.46. The average molecular weight is 207 g/mol. The fraction of sp³-hybridized carbons (Fsp3) is 0.364. The van der Waals surface area contributed by atoms with E-state index in [2.05, 4.69) is 19.9 Å². The second-order valence-corrected chi connectivity index (χ2v) is 4.64. The highest BCUT2D eigenvalue weighted by Crippen LogP contribution is 2.37. The Labute approximate surface area is 89.1 Å². The van der Waals surface area contributed by atoms with Crippen LogP contribution in [0.2, 0.25) is 0 Å². The van der Waals surface area contributed by atoms with E-state index in [-0.39, 0.29) is 5.60 Å². The molecule has 0 saturated carbocycles. The van der Waals surface area contributed by atoms with Gasteiger partial charge in [0.25, 0.3) is 0 Å². The van der Waals surface area contributed by atoms with Crippen molar-refractivity contribution in [1.82, 2.24) is 0 Å². The van der Waals surface area contributed by atoms with Gasteiger partial charge in [0.05, 0.1) is 5.56 Å². The monoisotopic (exact) mass is 207 g/mol. The van der Waals surface area contributed by atoms with Gasteiger partial charge in [0.1, 0.15) is 16.3 Å². The normalized spacial score (nSPS) is 17.3. The lowest BCUT2D eigenvalue weighted by atomic mass is 10.0. The lowest BCUT2D eigenvalue weighted by molar-refractivity contribution is 0.138. The van der Waals surface area contributed by atoms with Gasteiger partial charge in [-0.2, -0.15) is 0 Å². The highest BCUT2D eigenvalue weighted by molar-refractivity contribution is 7.80. The number of hydrogen-bond acceptors (Lipinski definition) is 2. The number of benzene rings is 1. The summed E-state index contributed by atoms with van der Waals surface area (Å²) in [7, 11) is 0. The molecular formula is C11H13NOS. The van der Waals surface area contributed by atoms with Crippen molar-refractivity contribution in [3.05, 3.63) is 29.3 Å². The van der Waals surface area contributed by atoms with Crippen molar-refractivity contribution in [2.24, 2.45) is 5.73 Å². The molecule has 0 amide bonds. The molecule has 0 unspecified atom stereocenters. The Morgan fingerprint density at radius 2 is 2.21 bits per heavy atom. The van der Waals surface area contributed by atoms with Crippen molar-refractivity contribution in [3.8, 4) is 5.75 Å². The van der Waals surface area contributed by atoms with Crippen LogP contribution in [-0.2, 0) is 6.42 Å². The molecule has 1 aliphatic heterocycles. The number of para-hydroxylation sites is 1. The van der Waals surface area contributed by atoms with Crippen LogP contribution in [-0.4, -0.2) is 10.6 Å². The fourth-order valence-corrected chi connectivity index (χ4v) is 1.97. The minimum atomic E-state index is -0.136. The van der Waals surface area contributed by atoms with Crippen LogP contribution in [0.5, 0.6) is 5.75 Å². The SMILES string of the molecule is CC1(C)Cc2cccc(C(N)=S)c2O1. The van der Waals surface area contributed by atoms with Crippen molar-refractivity contribution in [2.75, 3.05) is 0 Å². The van der Waals surface area contributed by atoms with Gasteiger partial charge in [0.2, 0.25) is 0 Å². The summed E-state index contributed by atoms with van der Waals surface area (Å²) in [6.45, 7) is 4.13. The van der Waals surface area contributed by atoms with Crippen molar-refractivity contribution in [2.45, 2.75) is 25.9 Å². The van der Waals surface area contributed by atoms with Gasteiger partial charge < -0.3 is 10.5 Å². The maximum absolute atomic E-state index is 5.82. The first-order chi connectivity index (χ1) is 6.49. The highest BCUT2D eigenvalue weighted by Gasteiger charge is 2.31. The summed E-state index contributed by atoms with van der Waals surface area (Å²) in [6.07, 6.45) is 0.915. The van der Waals surface area contributed by atoms with E-state index in [1.165, 1.54) is 5.56 Å². The molecule has 0 aromatic heterocycles. The maximum Gasteiger partial charge on any atom is 0.133 e. The topological polar surface area (TPSA) is 35.2 Å². The lowest BCUT2D eigenvalue weighted by Gasteiger charge is -2.17. The van der Waals surface area contributed by atoms with Crippen LogP contribution < -0.4 is 10.5 Å². The van der Waals surface area contributed by atoms with E-state index in [0.717, 1.165) is 17.7 Å². The number of ether oxygens (including phenoxy) is 1. The highest BCUT2D eigenvalue weighted by atomic mass is 32.1. The van der Waals surface area contributed by atoms with E-state index < -0.39 is 0 Å². The Morgan fingerprint density at radius 3 is 2.86 bits per heavy atom. The summed E-state index contributed by atoms with van der Waals surface area (Å²) >= 11 is 4.98. The number of hydrogen-bond donors (Lipinski definition) is 1. The van der Waals surface area contributed by atoms with Crippen molar-refractivity contribution >= 4 is 17.2 Å². The molecule has 1 heterocycles. The molecule has 0 aliphatic carbocycles. The molecule has 1 aliphatic rings. The number of rotatable bonds is 1. The lowest BCUT2D eigenvalue weighted by Crippen LogP contribution is -2.25. The second-order valence-electron chi connectivity index (χ2n) is 4.20. The minimum absolute atomic E-state index is 0.136. The van der Waals surface area contributed by atoms with E-state index >= 15 is 0 Å². The Balaban J connectivity index is 2.52. The number of nitrogens with two attached hydrogens (primary N) is 1. The number of fused-ring (bicyclic) bond motifs is 1. The van der Waals surface area contributed by atoms with E-state index in [1.54, 1.807) is 0 Å². The molecule has 0 saturated heterocycles. The first-order valence-electron chi connectivity index (χ1n) is 4.60. The van der Waals surface area contributed by atoms with Crippen LogP contribution in [0.4, 0.5) is 0 Å². The Kier molecular flexibility index (Phi) is 2.00. The summed E-state index contributed by atoms with van der Waals surface area (Å²) in [5.74, 6) is 0.866. The van der Waals surface area contributed by atoms with Gasteiger partial charge in [-0.1, -0.05) is 24.4 Å². The molecule has 1 aromatic rings. The summed E-state index contributed by atoms with van der Waals surface area (Å²) in [4.78, 5) is 0.402. The van der Waals surface area contributed by atoms with Gasteiger partial charge in [0, 0.05) is 6.42 Å². The molecule has 0 bridgehead atoms. The molecule has 3 heteroatoms. The van der Waals surface area contributed by atoms with Crippen LogP contribution in [0.15, 0.2) is 18.2 Å². The third kappa shape index (κ3) is 1.48. The fourth-order valence-electron chi connectivity index (χ4n) is 1.81. The summed E-state index contributed by atoms with van der Waals surface area (Å²) in [5.41, 5.74) is 7.54. The Morgan fingerprint density at radius 1 is 1.50 bits per heavy atom. The summed E-state index contributed by atoms with van der Waals surface area (Å²) in [6, 6.07) is 5.94. The molecule has 0 spiro atoms. The predicted octanol–water partition coefficient (Wildman–Crippen LogP) is 2.03. The van der Waals surface area contributed by atoms with Crippen LogP contribution in [0.3, 0.4) is 0 Å². The molecule has 2 rings (SSSR count). The van der Waals surface area contributed by atoms with Crippen molar-refractivity contribution in [3.63, 3.8) is 0 Å². The van der Waals surface area contributed by atoms with Crippen molar-refractivity contribution in [1.29, 1.82) is 0 Å². The largest absolute Gasteiger partial charge is 0.486 e. The van der Waals surface area contributed by atoms with E-state index in [0.29, 0.717) is 4.99 Å². The van der Waals surface area contributed by atoms with Crippen LogP contribution in [0.1, 0.15) is 25.0 Å². The van der Waals surface area contributed by atoms with Crippen LogP contribution in [0.25, 0.3) is 0 Å². The summed E-state index contributed by atoms with van der Waals surface area (Å²) < 4.78 is 5.82. The molecule has 0 atom stereocenters. The van der Waals surface area contributed by atoms with Gasteiger partial charge in [-0.3, -0.25) is 0 Å². The molecule has 2 N–H and O–H groups in total. The molecule has 2 nitrogen and oxygen atoms in total. The molecule has 14 heavy (non-hydrogen) atoms. The minimum Gasteiger partial charge on any atom is -0.486 e. The third-order valence-corrected chi connectivity index (χ3v) is 2.58. The van der Waals surface area contributed by atoms with Gasteiger partial charge in [-0.05, 0) is 25.5 Å². The predicted molar refractivity (Wildman–Crippen MR) is 60.7 cm³/mol. The average Bonchev–Trinajstić information content (AvgIpc) is 2.36. The zero-order chi connectivity index (χ0) is 10.3. The van der Waals surface area contributed by atoms with E-state index in [4.69, 9.17) is 22.7 Å². The maximum atomic E-state index is 5.82. The molecular weight excluding hydrogens is 194 g/mol. The van der Waals surface area contributed by atoms with Crippen molar-refractivity contribution < 1.29 is 4.74 Å². The van der Waals surface area contributed by atoms with E-state index in [1.807, 2.05) is 12.1 Å². The molecule has 1 aromatic carbocycles. The second kappa shape index (κ2) is 2.95. The smallest absolute Gasteiger partial charge is 0.133 e. The summed E-state index contributed by atoms with van der Waals surface area (Å²) in [5, 5.41) is 0. The molecule has 74 valence electrons. The third-order valence-electron chi connectivity index (χ3n) is 2.36. The molecule has 0 fully saturated rings. The van der Waals surface area contributed by atoms with E-state index in [9.17, 15) is 0 Å². The van der Waals surface area contributed by atoms with Crippen LogP contribution >= 0.6 is 12.2 Å². The Bertz CT molecular complexity index is 398. The standard InChI is InChI=1S/C11H13NOS/c1-11(2)6-7-4-3-5-8(10(12)14)9(7)13-11/h3-5H,6H2,1-2H3,(H2,12,14). The van der Waals surface area contributed by atoms with Gasteiger partial charge >= 0.3 is 0 Å². The quantitative estimate of drug-likeness (QED) is 0.716. The van der Waals surface area contributed by atoms with Crippen LogP contribution in [0, 0.1) is 0 Å². The molecule has 0 radical (unpaired) electrons. The number of thiocarbonyl (C=S) groups is 1.